The average molecular weight is 181 g/mol. The summed E-state index contributed by atoms with van der Waals surface area (Å²) in [5.41, 5.74) is 0. The summed E-state index contributed by atoms with van der Waals surface area (Å²) in [5, 5.41) is 10.6. The number of carboxylic acid groups (broad SMARTS) is 1. The van der Waals surface area contributed by atoms with Crippen molar-refractivity contribution in [3.8, 4) is 0 Å². The van der Waals surface area contributed by atoms with E-state index in [2.05, 4.69) is 10.1 Å². The molecule has 0 radical (unpaired) electrons. The van der Waals surface area contributed by atoms with Crippen LogP contribution < -0.4 is 5.32 Å². The van der Waals surface area contributed by atoms with Gasteiger partial charge in [0, 0.05) is 13.5 Å². The number of carboxylic acids is 1. The SMILES string of the molecule is COC1NC(C(=O)O)CC1(F)F. The van der Waals surface area contributed by atoms with Gasteiger partial charge in [-0.2, -0.15) is 0 Å². The number of hydrogen-bond donors (Lipinski definition) is 2. The Morgan fingerprint density at radius 3 is 2.58 bits per heavy atom. The highest BCUT2D eigenvalue weighted by Gasteiger charge is 2.51. The highest BCUT2D eigenvalue weighted by Crippen LogP contribution is 2.31. The lowest BCUT2D eigenvalue weighted by molar-refractivity contribution is -0.139. The number of halogens is 2. The lowest BCUT2D eigenvalue weighted by Gasteiger charge is -2.15. The van der Waals surface area contributed by atoms with Crippen molar-refractivity contribution in [3.05, 3.63) is 0 Å². The second kappa shape index (κ2) is 2.95. The van der Waals surface area contributed by atoms with Crippen LogP contribution in [-0.4, -0.2) is 36.4 Å². The number of rotatable bonds is 2. The fourth-order valence-electron chi connectivity index (χ4n) is 1.14. The van der Waals surface area contributed by atoms with Crippen LogP contribution in [0.1, 0.15) is 6.42 Å². The van der Waals surface area contributed by atoms with Crippen LogP contribution in [0.3, 0.4) is 0 Å². The summed E-state index contributed by atoms with van der Waals surface area (Å²) in [6.45, 7) is 0. The Balaban J connectivity index is 2.66. The summed E-state index contributed by atoms with van der Waals surface area (Å²) in [6.07, 6.45) is -2.21. The van der Waals surface area contributed by atoms with Gasteiger partial charge in [-0.1, -0.05) is 0 Å². The lowest BCUT2D eigenvalue weighted by Crippen LogP contribution is -2.40. The first kappa shape index (κ1) is 9.34. The van der Waals surface area contributed by atoms with Crippen LogP contribution in [0, 0.1) is 0 Å². The van der Waals surface area contributed by atoms with Crippen LogP contribution in [-0.2, 0) is 9.53 Å². The molecule has 2 unspecified atom stereocenters. The molecule has 1 fully saturated rings. The molecule has 1 aliphatic rings. The van der Waals surface area contributed by atoms with E-state index in [9.17, 15) is 13.6 Å². The van der Waals surface area contributed by atoms with Crippen molar-refractivity contribution in [3.63, 3.8) is 0 Å². The Morgan fingerprint density at radius 1 is 1.75 bits per heavy atom. The highest BCUT2D eigenvalue weighted by atomic mass is 19.3. The van der Waals surface area contributed by atoms with Gasteiger partial charge in [-0.3, -0.25) is 10.1 Å². The molecule has 1 rings (SSSR count). The van der Waals surface area contributed by atoms with Gasteiger partial charge in [0.25, 0.3) is 5.92 Å². The van der Waals surface area contributed by atoms with Crippen molar-refractivity contribution >= 4 is 5.97 Å². The Bertz CT molecular complexity index is 197. The Hall–Kier alpha value is -0.750. The van der Waals surface area contributed by atoms with Gasteiger partial charge in [0.05, 0.1) is 0 Å². The second-order valence-electron chi connectivity index (χ2n) is 2.64. The van der Waals surface area contributed by atoms with E-state index in [4.69, 9.17) is 5.11 Å². The van der Waals surface area contributed by atoms with Crippen molar-refractivity contribution in [2.45, 2.75) is 24.6 Å². The maximum absolute atomic E-state index is 12.8. The molecule has 70 valence electrons. The Labute approximate surface area is 67.5 Å². The smallest absolute Gasteiger partial charge is 0.321 e. The van der Waals surface area contributed by atoms with E-state index in [0.29, 0.717) is 0 Å². The maximum atomic E-state index is 12.8. The van der Waals surface area contributed by atoms with Gasteiger partial charge in [-0.05, 0) is 0 Å². The molecule has 4 nitrogen and oxygen atoms in total. The molecule has 0 saturated carbocycles. The fourth-order valence-corrected chi connectivity index (χ4v) is 1.14. The predicted molar refractivity (Wildman–Crippen MR) is 34.9 cm³/mol. The quantitative estimate of drug-likeness (QED) is 0.631. The molecule has 0 amide bonds. The van der Waals surface area contributed by atoms with Gasteiger partial charge >= 0.3 is 5.97 Å². The van der Waals surface area contributed by atoms with Gasteiger partial charge in [-0.15, -0.1) is 0 Å². The van der Waals surface area contributed by atoms with Crippen LogP contribution in [0.2, 0.25) is 0 Å². The molecular formula is C6H9F2NO3. The van der Waals surface area contributed by atoms with Gasteiger partial charge < -0.3 is 9.84 Å². The van der Waals surface area contributed by atoms with Crippen molar-refractivity contribution in [2.75, 3.05) is 7.11 Å². The standard InChI is InChI=1S/C6H9F2NO3/c1-12-5-6(7,8)2-3(9-5)4(10)11/h3,5,9H,2H2,1H3,(H,10,11). The van der Waals surface area contributed by atoms with E-state index in [0.717, 1.165) is 7.11 Å². The van der Waals surface area contributed by atoms with E-state index in [-0.39, 0.29) is 0 Å². The molecule has 2 atom stereocenters. The molecule has 6 heteroatoms. The minimum Gasteiger partial charge on any atom is -0.480 e. The zero-order valence-corrected chi connectivity index (χ0v) is 6.38. The molecule has 0 spiro atoms. The van der Waals surface area contributed by atoms with E-state index in [1.807, 2.05) is 0 Å². The number of carbonyl (C=O) groups is 1. The molecule has 1 saturated heterocycles. The van der Waals surface area contributed by atoms with Crippen LogP contribution in [0.15, 0.2) is 0 Å². The van der Waals surface area contributed by atoms with Gasteiger partial charge in [0.2, 0.25) is 0 Å². The average Bonchev–Trinajstić information content (AvgIpc) is 2.25. The van der Waals surface area contributed by atoms with Crippen molar-refractivity contribution in [1.82, 2.24) is 5.32 Å². The monoisotopic (exact) mass is 181 g/mol. The fraction of sp³-hybridized carbons (Fsp3) is 0.833. The molecule has 0 aliphatic carbocycles. The summed E-state index contributed by atoms with van der Waals surface area (Å²) in [4.78, 5) is 10.3. The minimum absolute atomic E-state index is 0.721. The van der Waals surface area contributed by atoms with Crippen molar-refractivity contribution in [2.24, 2.45) is 0 Å². The topological polar surface area (TPSA) is 58.6 Å². The normalized spacial score (nSPS) is 33.6. The third-order valence-corrected chi connectivity index (χ3v) is 1.75. The Kier molecular flexibility index (Phi) is 2.29. The zero-order valence-electron chi connectivity index (χ0n) is 6.38. The first-order chi connectivity index (χ1) is 5.47. The van der Waals surface area contributed by atoms with Crippen LogP contribution in [0.25, 0.3) is 0 Å². The molecule has 0 aromatic heterocycles. The number of nitrogens with one attached hydrogen (secondary N) is 1. The number of methoxy groups -OCH3 is 1. The first-order valence-corrected chi connectivity index (χ1v) is 3.37. The van der Waals surface area contributed by atoms with Gasteiger partial charge in [-0.25, -0.2) is 8.78 Å². The van der Waals surface area contributed by atoms with Crippen molar-refractivity contribution < 1.29 is 23.4 Å². The van der Waals surface area contributed by atoms with E-state index >= 15 is 0 Å². The summed E-state index contributed by atoms with van der Waals surface area (Å²) in [6, 6.07) is -1.22. The summed E-state index contributed by atoms with van der Waals surface area (Å²) >= 11 is 0. The number of ether oxygens (including phenoxy) is 1. The van der Waals surface area contributed by atoms with Gasteiger partial charge in [0.15, 0.2) is 6.23 Å². The third-order valence-electron chi connectivity index (χ3n) is 1.75. The van der Waals surface area contributed by atoms with Crippen LogP contribution >= 0.6 is 0 Å². The predicted octanol–water partition coefficient (Wildman–Crippen LogP) is 0.0407. The molecular weight excluding hydrogens is 172 g/mol. The summed E-state index contributed by atoms with van der Waals surface area (Å²) < 4.78 is 29.9. The number of hydrogen-bond acceptors (Lipinski definition) is 3. The van der Waals surface area contributed by atoms with E-state index < -0.39 is 30.6 Å². The Morgan fingerprint density at radius 2 is 2.33 bits per heavy atom. The molecule has 2 N–H and O–H groups in total. The third kappa shape index (κ3) is 1.54. The van der Waals surface area contributed by atoms with E-state index in [1.54, 1.807) is 0 Å². The zero-order chi connectivity index (χ0) is 9.35. The van der Waals surface area contributed by atoms with Crippen LogP contribution in [0.5, 0.6) is 0 Å². The number of alkyl halides is 2. The molecule has 0 bridgehead atoms. The summed E-state index contributed by atoms with van der Waals surface area (Å²) in [5.74, 6) is -4.38. The summed E-state index contributed by atoms with van der Waals surface area (Å²) in [7, 11) is 1.11. The molecule has 12 heavy (non-hydrogen) atoms. The molecule has 0 aromatic carbocycles. The van der Waals surface area contributed by atoms with Crippen molar-refractivity contribution in [1.29, 1.82) is 0 Å². The minimum atomic E-state index is -3.10. The molecule has 1 heterocycles. The van der Waals surface area contributed by atoms with Gasteiger partial charge in [0.1, 0.15) is 6.04 Å². The van der Waals surface area contributed by atoms with E-state index in [1.165, 1.54) is 0 Å². The van der Waals surface area contributed by atoms with Crippen LogP contribution in [0.4, 0.5) is 8.78 Å². The lowest BCUT2D eigenvalue weighted by atomic mass is 10.2. The largest absolute Gasteiger partial charge is 0.480 e. The molecule has 0 aromatic rings. The first-order valence-electron chi connectivity index (χ1n) is 3.37. The number of aliphatic carboxylic acids is 1. The maximum Gasteiger partial charge on any atom is 0.321 e. The highest BCUT2D eigenvalue weighted by molar-refractivity contribution is 5.74. The molecule has 1 aliphatic heterocycles. The second-order valence-corrected chi connectivity index (χ2v) is 2.64.